The molecule has 1 heterocycles. The number of phosphoric ester groups is 1. The Kier molecular flexibility index (Phi) is 7.82. The van der Waals surface area contributed by atoms with Crippen LogP contribution in [0.15, 0.2) is 57.9 Å². The van der Waals surface area contributed by atoms with Gasteiger partial charge in [0.25, 0.3) is 0 Å². The fourth-order valence-corrected chi connectivity index (χ4v) is 3.47. The minimum absolute atomic E-state index is 0.0399. The molecule has 162 valence electrons. The van der Waals surface area contributed by atoms with Crippen molar-refractivity contribution in [2.24, 2.45) is 5.11 Å². The number of nitriles is 3. The maximum atomic E-state index is 12.3. The van der Waals surface area contributed by atoms with Gasteiger partial charge in [-0.1, -0.05) is 29.4 Å². The summed E-state index contributed by atoms with van der Waals surface area (Å²) in [6.07, 6.45) is 3.37. The largest absolute Gasteiger partial charge is 0.529 e. The fourth-order valence-electron chi connectivity index (χ4n) is 2.67. The standard InChI is InChI=1S/C20H17N6O5P/c1-20(2)18(17(12-23)19(30-20)15(10-21)11-22)9-6-14-4-7-16(8-5-14)31-32(27,28-3)29-13-25-26-24/h4-9H,13H2,1-3H3/b9-6+. The predicted octanol–water partition coefficient (Wildman–Crippen LogP) is 5.05. The van der Waals surface area contributed by atoms with E-state index in [1.54, 1.807) is 50.3 Å². The summed E-state index contributed by atoms with van der Waals surface area (Å²) in [6.45, 7) is 2.92. The third kappa shape index (κ3) is 5.56. The van der Waals surface area contributed by atoms with Crippen molar-refractivity contribution in [1.29, 1.82) is 15.8 Å². The first-order valence-corrected chi connectivity index (χ1v) is 10.4. The molecule has 1 aromatic carbocycles. The van der Waals surface area contributed by atoms with Crippen LogP contribution in [0.3, 0.4) is 0 Å². The Morgan fingerprint density at radius 3 is 2.44 bits per heavy atom. The van der Waals surface area contributed by atoms with Crippen LogP contribution < -0.4 is 4.52 Å². The number of azide groups is 1. The van der Waals surface area contributed by atoms with Crippen LogP contribution in [0.4, 0.5) is 0 Å². The summed E-state index contributed by atoms with van der Waals surface area (Å²) in [5.41, 5.74) is 8.39. The number of ether oxygens (including phenoxy) is 1. The van der Waals surface area contributed by atoms with Crippen LogP contribution in [-0.4, -0.2) is 19.4 Å². The van der Waals surface area contributed by atoms with E-state index in [2.05, 4.69) is 10.0 Å². The molecule has 0 aromatic heterocycles. The van der Waals surface area contributed by atoms with Crippen molar-refractivity contribution in [1.82, 2.24) is 0 Å². The topological polar surface area (TPSA) is 174 Å². The van der Waals surface area contributed by atoms with Crippen molar-refractivity contribution < 1.29 is 22.9 Å². The summed E-state index contributed by atoms with van der Waals surface area (Å²) in [4.78, 5) is 2.48. The van der Waals surface area contributed by atoms with E-state index in [9.17, 15) is 9.83 Å². The molecular weight excluding hydrogens is 435 g/mol. The Hall–Kier alpha value is -4.03. The number of hydrogen-bond acceptors (Lipinski definition) is 9. The van der Waals surface area contributed by atoms with Gasteiger partial charge in [0.05, 0.1) is 0 Å². The molecule has 0 spiro atoms. The highest BCUT2D eigenvalue weighted by molar-refractivity contribution is 7.48. The molecule has 1 aliphatic rings. The highest BCUT2D eigenvalue weighted by atomic mass is 31.2. The van der Waals surface area contributed by atoms with Crippen LogP contribution in [-0.2, 0) is 18.3 Å². The maximum Gasteiger partial charge on any atom is 0.529 e. The number of nitrogens with zero attached hydrogens (tertiary/aromatic N) is 6. The Balaban J connectivity index is 2.28. The Labute approximate surface area is 184 Å². The van der Waals surface area contributed by atoms with Crippen LogP contribution >= 0.6 is 7.82 Å². The molecule has 0 saturated carbocycles. The molecule has 1 unspecified atom stereocenters. The van der Waals surface area contributed by atoms with Crippen molar-refractivity contribution in [2.45, 2.75) is 19.4 Å². The van der Waals surface area contributed by atoms with E-state index < -0.39 is 20.2 Å². The number of hydrogen-bond donors (Lipinski definition) is 0. The van der Waals surface area contributed by atoms with Gasteiger partial charge in [0.15, 0.2) is 11.3 Å². The molecule has 0 aliphatic carbocycles. The molecular formula is C20H17N6O5P. The Morgan fingerprint density at radius 2 is 1.91 bits per heavy atom. The molecule has 1 atom stereocenters. The lowest BCUT2D eigenvalue weighted by atomic mass is 9.94. The summed E-state index contributed by atoms with van der Waals surface area (Å²) in [5, 5.41) is 30.9. The lowest BCUT2D eigenvalue weighted by molar-refractivity contribution is 0.0954. The van der Waals surface area contributed by atoms with Gasteiger partial charge in [-0.25, -0.2) is 4.57 Å². The van der Waals surface area contributed by atoms with E-state index in [1.807, 2.05) is 6.07 Å². The van der Waals surface area contributed by atoms with E-state index in [4.69, 9.17) is 34.4 Å². The summed E-state index contributed by atoms with van der Waals surface area (Å²) in [7, 11) is -2.82. The SMILES string of the molecule is COP(=O)(OCN=[N+]=[N-])Oc1ccc(/C=C/C2=C(C#N)C(=C(C#N)C#N)OC2(C)C)cc1. The number of phosphoric acid groups is 1. The van der Waals surface area contributed by atoms with Gasteiger partial charge in [-0.3, -0.25) is 9.05 Å². The molecule has 0 saturated heterocycles. The van der Waals surface area contributed by atoms with Crippen LogP contribution in [0, 0.1) is 34.0 Å². The molecule has 11 nitrogen and oxygen atoms in total. The first kappa shape index (κ1) is 24.2. The summed E-state index contributed by atoms with van der Waals surface area (Å²) in [6, 6.07) is 11.8. The van der Waals surface area contributed by atoms with E-state index in [0.717, 1.165) is 7.11 Å². The molecule has 32 heavy (non-hydrogen) atoms. The van der Waals surface area contributed by atoms with E-state index in [0.29, 0.717) is 11.1 Å². The van der Waals surface area contributed by atoms with Crippen LogP contribution in [0.25, 0.3) is 16.5 Å². The number of rotatable bonds is 8. The molecule has 0 N–H and O–H groups in total. The van der Waals surface area contributed by atoms with Crippen molar-refractivity contribution in [3.05, 3.63) is 68.8 Å². The molecule has 0 fully saturated rings. The number of benzene rings is 1. The maximum absolute atomic E-state index is 12.3. The van der Waals surface area contributed by atoms with E-state index >= 15 is 0 Å². The predicted molar refractivity (Wildman–Crippen MR) is 112 cm³/mol. The van der Waals surface area contributed by atoms with E-state index in [1.165, 1.54) is 12.1 Å². The van der Waals surface area contributed by atoms with Gasteiger partial charge in [-0.05, 0) is 37.1 Å². The zero-order chi connectivity index (χ0) is 23.8. The van der Waals surface area contributed by atoms with Crippen molar-refractivity contribution >= 4 is 13.9 Å². The van der Waals surface area contributed by atoms with Gasteiger partial charge in [-0.2, -0.15) is 15.8 Å². The first-order chi connectivity index (χ1) is 15.2. The van der Waals surface area contributed by atoms with Crippen LogP contribution in [0.2, 0.25) is 0 Å². The monoisotopic (exact) mass is 452 g/mol. The van der Waals surface area contributed by atoms with Crippen molar-refractivity contribution in [3.63, 3.8) is 0 Å². The Morgan fingerprint density at radius 1 is 1.25 bits per heavy atom. The van der Waals surface area contributed by atoms with Gasteiger partial charge in [0, 0.05) is 17.6 Å². The normalized spacial score (nSPS) is 16.2. The zero-order valence-electron chi connectivity index (χ0n) is 17.3. The Bertz CT molecular complexity index is 1190. The minimum atomic E-state index is -3.95. The lowest BCUT2D eigenvalue weighted by Gasteiger charge is -2.20. The van der Waals surface area contributed by atoms with Gasteiger partial charge in [-0.15, -0.1) is 0 Å². The van der Waals surface area contributed by atoms with Gasteiger partial charge in [0.2, 0.25) is 0 Å². The third-order valence-electron chi connectivity index (χ3n) is 4.16. The summed E-state index contributed by atoms with van der Waals surface area (Å²) in [5.74, 6) is 0.148. The second-order valence-electron chi connectivity index (χ2n) is 6.55. The average molecular weight is 452 g/mol. The minimum Gasteiger partial charge on any atom is -0.480 e. The quantitative estimate of drug-likeness (QED) is 0.173. The number of allylic oxidation sites excluding steroid dienone is 2. The lowest BCUT2D eigenvalue weighted by Crippen LogP contribution is -2.20. The molecule has 0 amide bonds. The van der Waals surface area contributed by atoms with Gasteiger partial charge >= 0.3 is 7.82 Å². The van der Waals surface area contributed by atoms with E-state index in [-0.39, 0.29) is 22.7 Å². The first-order valence-electron chi connectivity index (χ1n) is 8.91. The smallest absolute Gasteiger partial charge is 0.480 e. The molecule has 12 heteroatoms. The van der Waals surface area contributed by atoms with Crippen LogP contribution in [0.5, 0.6) is 5.75 Å². The van der Waals surface area contributed by atoms with Crippen molar-refractivity contribution in [2.75, 3.05) is 13.8 Å². The average Bonchev–Trinajstić information content (AvgIpc) is 3.03. The molecule has 0 radical (unpaired) electrons. The summed E-state index contributed by atoms with van der Waals surface area (Å²) < 4.78 is 32.8. The van der Waals surface area contributed by atoms with Crippen molar-refractivity contribution in [3.8, 4) is 24.0 Å². The second kappa shape index (κ2) is 10.3. The second-order valence-corrected chi connectivity index (χ2v) is 8.25. The molecule has 1 aliphatic heterocycles. The molecule has 0 bridgehead atoms. The highest BCUT2D eigenvalue weighted by Crippen LogP contribution is 2.48. The van der Waals surface area contributed by atoms with Gasteiger partial charge < -0.3 is 9.26 Å². The third-order valence-corrected chi connectivity index (χ3v) is 5.48. The molecule has 2 rings (SSSR count). The van der Waals surface area contributed by atoms with Gasteiger partial charge in [0.1, 0.15) is 41.9 Å². The highest BCUT2D eigenvalue weighted by Gasteiger charge is 2.38. The fraction of sp³-hybridized carbons (Fsp3) is 0.250. The summed E-state index contributed by atoms with van der Waals surface area (Å²) >= 11 is 0. The van der Waals surface area contributed by atoms with Crippen LogP contribution in [0.1, 0.15) is 19.4 Å². The molecule has 1 aromatic rings. The zero-order valence-corrected chi connectivity index (χ0v) is 18.2.